The zero-order chi connectivity index (χ0) is 15.3. The molecule has 2 N–H and O–H groups in total. The maximum absolute atomic E-state index is 11.8. The summed E-state index contributed by atoms with van der Waals surface area (Å²) < 4.78 is 2.40. The molecule has 0 amide bonds. The molecule has 7 nitrogen and oxygen atoms in total. The van der Waals surface area contributed by atoms with E-state index in [0.717, 1.165) is 32.4 Å². The fourth-order valence-electron chi connectivity index (χ4n) is 2.68. The molecule has 1 aromatic carbocycles. The molecule has 22 heavy (non-hydrogen) atoms. The molecule has 0 aliphatic heterocycles. The number of H-pyrrole nitrogens is 2. The van der Waals surface area contributed by atoms with Crippen LogP contribution < -0.4 is 10.4 Å². The Morgan fingerprint density at radius 2 is 2.00 bits per heavy atom. The van der Waals surface area contributed by atoms with Gasteiger partial charge in [0.1, 0.15) is 5.82 Å². The molecule has 0 radical (unpaired) electrons. The first-order valence-electron chi connectivity index (χ1n) is 6.97. The van der Waals surface area contributed by atoms with Crippen LogP contribution in [0.5, 0.6) is 0 Å². The second kappa shape index (κ2) is 4.45. The summed E-state index contributed by atoms with van der Waals surface area (Å²) in [4.78, 5) is 22.4. The summed E-state index contributed by atoms with van der Waals surface area (Å²) in [5.41, 5.74) is 3.95. The van der Waals surface area contributed by atoms with E-state index in [4.69, 9.17) is 0 Å². The molecule has 0 saturated carbocycles. The molecule has 0 aliphatic rings. The number of benzene rings is 1. The van der Waals surface area contributed by atoms with Crippen LogP contribution in [0.1, 0.15) is 6.92 Å². The SMILES string of the molecule is CCn1c(=O)[nH]c2cc3[nH]c(-c4cc[n+]([O-])cc4)nc3cc21. The van der Waals surface area contributed by atoms with Crippen molar-refractivity contribution in [2.45, 2.75) is 13.5 Å². The van der Waals surface area contributed by atoms with Crippen LogP contribution in [-0.2, 0) is 6.54 Å². The zero-order valence-corrected chi connectivity index (χ0v) is 11.8. The second-order valence-electron chi connectivity index (χ2n) is 5.09. The van der Waals surface area contributed by atoms with Crippen molar-refractivity contribution in [3.63, 3.8) is 0 Å². The van der Waals surface area contributed by atoms with Crippen LogP contribution in [0.2, 0.25) is 0 Å². The number of hydrogen-bond acceptors (Lipinski definition) is 3. The molecule has 0 unspecified atom stereocenters. The van der Waals surface area contributed by atoms with Crippen molar-refractivity contribution in [1.29, 1.82) is 0 Å². The highest BCUT2D eigenvalue weighted by Gasteiger charge is 2.11. The Morgan fingerprint density at radius 3 is 2.73 bits per heavy atom. The highest BCUT2D eigenvalue weighted by atomic mass is 16.5. The first-order valence-corrected chi connectivity index (χ1v) is 6.97. The summed E-state index contributed by atoms with van der Waals surface area (Å²) in [7, 11) is 0. The molecular weight excluding hydrogens is 282 g/mol. The topological polar surface area (TPSA) is 93.4 Å². The van der Waals surface area contributed by atoms with Crippen LogP contribution in [-0.4, -0.2) is 19.5 Å². The van der Waals surface area contributed by atoms with E-state index in [2.05, 4.69) is 15.0 Å². The van der Waals surface area contributed by atoms with Gasteiger partial charge in [0.15, 0.2) is 12.4 Å². The average molecular weight is 295 g/mol. The van der Waals surface area contributed by atoms with Crippen molar-refractivity contribution in [2.75, 3.05) is 0 Å². The van der Waals surface area contributed by atoms with E-state index in [1.165, 1.54) is 12.4 Å². The van der Waals surface area contributed by atoms with Crippen molar-refractivity contribution in [3.05, 3.63) is 52.4 Å². The lowest BCUT2D eigenvalue weighted by atomic mass is 10.2. The molecule has 110 valence electrons. The minimum atomic E-state index is -0.117. The molecule has 0 saturated heterocycles. The standard InChI is InChI=1S/C15H13N5O2/c1-2-20-13-8-11-10(7-12(13)18-15(20)21)16-14(17-11)9-3-5-19(22)6-4-9/h3-8H,2H2,1H3,(H,16,17)(H,18,21). The third-order valence-electron chi connectivity index (χ3n) is 3.77. The monoisotopic (exact) mass is 295 g/mol. The fourth-order valence-corrected chi connectivity index (χ4v) is 2.68. The number of aromatic amines is 2. The van der Waals surface area contributed by atoms with Gasteiger partial charge < -0.3 is 15.2 Å². The van der Waals surface area contributed by atoms with E-state index >= 15 is 0 Å². The van der Waals surface area contributed by atoms with Gasteiger partial charge in [0.2, 0.25) is 0 Å². The number of aryl methyl sites for hydroxylation is 1. The lowest BCUT2D eigenvalue weighted by Crippen LogP contribution is -2.23. The Bertz CT molecular complexity index is 1040. The lowest BCUT2D eigenvalue weighted by molar-refractivity contribution is -0.605. The van der Waals surface area contributed by atoms with Crippen LogP contribution in [0.25, 0.3) is 33.5 Å². The van der Waals surface area contributed by atoms with Gasteiger partial charge in [-0.2, -0.15) is 4.73 Å². The lowest BCUT2D eigenvalue weighted by Gasteiger charge is -1.96. The molecule has 3 aromatic heterocycles. The van der Waals surface area contributed by atoms with Gasteiger partial charge >= 0.3 is 5.69 Å². The summed E-state index contributed by atoms with van der Waals surface area (Å²) >= 11 is 0. The molecular formula is C15H13N5O2. The molecule has 0 spiro atoms. The Balaban J connectivity index is 1.94. The predicted octanol–water partition coefficient (Wildman–Crippen LogP) is 1.53. The van der Waals surface area contributed by atoms with Gasteiger partial charge in [0, 0.05) is 24.2 Å². The predicted molar refractivity (Wildman–Crippen MR) is 82.3 cm³/mol. The maximum Gasteiger partial charge on any atom is 0.326 e. The summed E-state index contributed by atoms with van der Waals surface area (Å²) in [6, 6.07) is 7.19. The molecule has 7 heteroatoms. The van der Waals surface area contributed by atoms with Crippen molar-refractivity contribution in [3.8, 4) is 11.4 Å². The van der Waals surface area contributed by atoms with E-state index < -0.39 is 0 Å². The summed E-state index contributed by atoms with van der Waals surface area (Å²) in [6.45, 7) is 2.53. The minimum absolute atomic E-state index is 0.117. The van der Waals surface area contributed by atoms with Crippen LogP contribution >= 0.6 is 0 Å². The summed E-state index contributed by atoms with van der Waals surface area (Å²) in [5.74, 6) is 0.689. The number of rotatable bonds is 2. The first-order chi connectivity index (χ1) is 10.7. The molecule has 3 heterocycles. The maximum atomic E-state index is 11.8. The molecule has 0 atom stereocenters. The number of aromatic nitrogens is 5. The van der Waals surface area contributed by atoms with Gasteiger partial charge in [-0.1, -0.05) is 0 Å². The number of fused-ring (bicyclic) bond motifs is 2. The van der Waals surface area contributed by atoms with E-state index in [1.807, 2.05) is 19.1 Å². The van der Waals surface area contributed by atoms with Crippen LogP contribution in [0, 0.1) is 5.21 Å². The molecule has 0 fully saturated rings. The van der Waals surface area contributed by atoms with E-state index in [1.54, 1.807) is 16.7 Å². The van der Waals surface area contributed by atoms with Crippen LogP contribution in [0.4, 0.5) is 0 Å². The molecule has 0 aliphatic carbocycles. The number of nitrogens with one attached hydrogen (secondary N) is 2. The summed E-state index contributed by atoms with van der Waals surface area (Å²) in [6.07, 6.45) is 2.86. The fraction of sp³-hybridized carbons (Fsp3) is 0.133. The second-order valence-corrected chi connectivity index (χ2v) is 5.09. The first kappa shape index (κ1) is 12.6. The van der Waals surface area contributed by atoms with Crippen LogP contribution in [0.15, 0.2) is 41.5 Å². The quantitative estimate of drug-likeness (QED) is 0.434. The number of pyridine rings is 1. The smallest absolute Gasteiger partial charge is 0.326 e. The van der Waals surface area contributed by atoms with Crippen LogP contribution in [0.3, 0.4) is 0 Å². The number of hydrogen-bond donors (Lipinski definition) is 2. The highest BCUT2D eigenvalue weighted by Crippen LogP contribution is 2.23. The number of nitrogens with zero attached hydrogens (tertiary/aromatic N) is 3. The average Bonchev–Trinajstić information content (AvgIpc) is 3.04. The van der Waals surface area contributed by atoms with Crippen molar-refractivity contribution in [1.82, 2.24) is 19.5 Å². The Labute approximate surface area is 124 Å². The normalized spacial score (nSPS) is 11.5. The third-order valence-corrected chi connectivity index (χ3v) is 3.77. The Hall–Kier alpha value is -3.09. The summed E-state index contributed by atoms with van der Waals surface area (Å²) in [5, 5.41) is 11.1. The van der Waals surface area contributed by atoms with Gasteiger partial charge in [-0.3, -0.25) is 4.57 Å². The Kier molecular flexibility index (Phi) is 2.56. The van der Waals surface area contributed by atoms with Gasteiger partial charge in [0.25, 0.3) is 0 Å². The molecule has 0 bridgehead atoms. The van der Waals surface area contributed by atoms with E-state index in [0.29, 0.717) is 12.4 Å². The van der Waals surface area contributed by atoms with Crippen molar-refractivity contribution in [2.24, 2.45) is 0 Å². The van der Waals surface area contributed by atoms with Gasteiger partial charge in [-0.05, 0) is 19.1 Å². The zero-order valence-electron chi connectivity index (χ0n) is 11.8. The molecule has 4 rings (SSSR count). The third kappa shape index (κ3) is 1.79. The van der Waals surface area contributed by atoms with Gasteiger partial charge in [0.05, 0.1) is 22.1 Å². The van der Waals surface area contributed by atoms with Gasteiger partial charge in [-0.25, -0.2) is 9.78 Å². The van der Waals surface area contributed by atoms with Crippen molar-refractivity contribution < 1.29 is 4.73 Å². The highest BCUT2D eigenvalue weighted by molar-refractivity contribution is 5.92. The minimum Gasteiger partial charge on any atom is -0.619 e. The van der Waals surface area contributed by atoms with E-state index in [-0.39, 0.29) is 5.69 Å². The molecule has 4 aromatic rings. The van der Waals surface area contributed by atoms with E-state index in [9.17, 15) is 10.0 Å². The largest absolute Gasteiger partial charge is 0.619 e. The van der Waals surface area contributed by atoms with Gasteiger partial charge in [-0.15, -0.1) is 0 Å². The Morgan fingerprint density at radius 1 is 1.23 bits per heavy atom. The van der Waals surface area contributed by atoms with Crippen molar-refractivity contribution >= 4 is 22.1 Å². The number of imidazole rings is 2.